The van der Waals surface area contributed by atoms with Crippen LogP contribution < -0.4 is 0 Å². The first-order chi connectivity index (χ1) is 4.52. The molecule has 0 aromatic carbocycles. The summed E-state index contributed by atoms with van der Waals surface area (Å²) < 4.78 is 12.9. The molecule has 0 amide bonds. The number of nitrogens with zero attached hydrogens (tertiary/aromatic N) is 1. The highest BCUT2D eigenvalue weighted by Gasteiger charge is 2.36. The smallest absolute Gasteiger partial charge is 0.141 e. The van der Waals surface area contributed by atoms with E-state index >= 15 is 0 Å². The van der Waals surface area contributed by atoms with Crippen molar-refractivity contribution in [2.45, 2.75) is 25.1 Å². The van der Waals surface area contributed by atoms with Crippen molar-refractivity contribution in [2.24, 2.45) is 0 Å². The van der Waals surface area contributed by atoms with Gasteiger partial charge in [0, 0.05) is 13.1 Å². The quantitative estimate of drug-likeness (QED) is 0.536. The van der Waals surface area contributed by atoms with Gasteiger partial charge in [0.15, 0.2) is 0 Å². The van der Waals surface area contributed by atoms with E-state index in [9.17, 15) is 9.50 Å². The third-order valence-electron chi connectivity index (χ3n) is 2.15. The molecule has 0 radical (unpaired) electrons. The summed E-state index contributed by atoms with van der Waals surface area (Å²) in [6, 6.07) is 0. The third-order valence-corrected chi connectivity index (χ3v) is 2.15. The average Bonchev–Trinajstić information content (AvgIpc) is 1.81. The van der Waals surface area contributed by atoms with Crippen molar-refractivity contribution in [2.75, 3.05) is 20.1 Å². The second-order valence-corrected chi connectivity index (χ2v) is 3.34. The molecular formula is C7H14FNO. The molecule has 0 aromatic heterocycles. The van der Waals surface area contributed by atoms with Crippen LogP contribution in [0.5, 0.6) is 0 Å². The van der Waals surface area contributed by atoms with Crippen LogP contribution in [0.3, 0.4) is 0 Å². The number of hydrogen-bond donors (Lipinski definition) is 1. The number of likely N-dealkylation sites (tertiary alicyclic amines) is 1. The zero-order chi connectivity index (χ0) is 7.78. The summed E-state index contributed by atoms with van der Waals surface area (Å²) in [4.78, 5) is 1.89. The molecule has 1 N–H and O–H groups in total. The zero-order valence-electron chi connectivity index (χ0n) is 6.47. The summed E-state index contributed by atoms with van der Waals surface area (Å²) in [6.07, 6.45) is -0.559. The largest absolute Gasteiger partial charge is 0.387 e. The standard InChI is InChI=1S/C7H14FNO/c1-7(10)3-4-9(2)5-6(7)8/h6,10H,3-5H2,1-2H3/t6-,7-/m0/s1. The van der Waals surface area contributed by atoms with Gasteiger partial charge in [-0.3, -0.25) is 0 Å². The highest BCUT2D eigenvalue weighted by molar-refractivity contribution is 4.88. The van der Waals surface area contributed by atoms with Gasteiger partial charge in [-0.1, -0.05) is 0 Å². The SMILES string of the molecule is CN1CC[C@](C)(O)[C@@H](F)C1. The molecule has 0 unspecified atom stereocenters. The Bertz CT molecular complexity index is 127. The fraction of sp³-hybridized carbons (Fsp3) is 1.00. The number of alkyl halides is 1. The Hall–Kier alpha value is -0.150. The molecule has 0 aromatic rings. The summed E-state index contributed by atoms with van der Waals surface area (Å²) in [5.74, 6) is 0. The van der Waals surface area contributed by atoms with Crippen molar-refractivity contribution in [3.05, 3.63) is 0 Å². The van der Waals surface area contributed by atoms with E-state index in [-0.39, 0.29) is 0 Å². The Labute approximate surface area is 60.6 Å². The van der Waals surface area contributed by atoms with E-state index in [1.807, 2.05) is 11.9 Å². The summed E-state index contributed by atoms with van der Waals surface area (Å²) in [7, 11) is 1.86. The van der Waals surface area contributed by atoms with Gasteiger partial charge in [-0.2, -0.15) is 0 Å². The van der Waals surface area contributed by atoms with E-state index < -0.39 is 11.8 Å². The molecule has 10 heavy (non-hydrogen) atoms. The number of halogens is 1. The molecule has 3 heteroatoms. The van der Waals surface area contributed by atoms with Gasteiger partial charge in [-0.15, -0.1) is 0 Å². The third kappa shape index (κ3) is 1.47. The lowest BCUT2D eigenvalue weighted by Gasteiger charge is -2.36. The van der Waals surface area contributed by atoms with E-state index in [4.69, 9.17) is 0 Å². The number of piperidine rings is 1. The minimum absolute atomic E-state index is 0.354. The van der Waals surface area contributed by atoms with Gasteiger partial charge in [0.25, 0.3) is 0 Å². The molecule has 1 aliphatic heterocycles. The van der Waals surface area contributed by atoms with Gasteiger partial charge in [0.2, 0.25) is 0 Å². The van der Waals surface area contributed by atoms with Crippen LogP contribution in [-0.4, -0.2) is 41.9 Å². The Kier molecular flexibility index (Phi) is 1.97. The Morgan fingerprint density at radius 1 is 1.70 bits per heavy atom. The maximum atomic E-state index is 12.9. The van der Waals surface area contributed by atoms with E-state index in [1.54, 1.807) is 6.92 Å². The number of aliphatic hydroxyl groups is 1. The van der Waals surface area contributed by atoms with E-state index in [0.717, 1.165) is 6.54 Å². The Balaban J connectivity index is 2.52. The van der Waals surface area contributed by atoms with Gasteiger partial charge in [0.05, 0.1) is 5.60 Å². The van der Waals surface area contributed by atoms with Crippen molar-refractivity contribution < 1.29 is 9.50 Å². The lowest BCUT2D eigenvalue weighted by Crippen LogP contribution is -2.50. The highest BCUT2D eigenvalue weighted by atomic mass is 19.1. The number of hydrogen-bond acceptors (Lipinski definition) is 2. The summed E-state index contributed by atoms with van der Waals surface area (Å²) in [5, 5.41) is 9.36. The highest BCUT2D eigenvalue weighted by Crippen LogP contribution is 2.23. The van der Waals surface area contributed by atoms with Gasteiger partial charge >= 0.3 is 0 Å². The van der Waals surface area contributed by atoms with Crippen LogP contribution >= 0.6 is 0 Å². The first kappa shape index (κ1) is 7.95. The average molecular weight is 147 g/mol. The van der Waals surface area contributed by atoms with Crippen molar-refractivity contribution in [3.8, 4) is 0 Å². The zero-order valence-corrected chi connectivity index (χ0v) is 6.47. The topological polar surface area (TPSA) is 23.5 Å². The van der Waals surface area contributed by atoms with Crippen molar-refractivity contribution >= 4 is 0 Å². The second kappa shape index (κ2) is 2.47. The van der Waals surface area contributed by atoms with Gasteiger partial charge in [-0.25, -0.2) is 4.39 Å². The van der Waals surface area contributed by atoms with E-state index in [2.05, 4.69) is 0 Å². The monoisotopic (exact) mass is 147 g/mol. The fourth-order valence-corrected chi connectivity index (χ4v) is 1.14. The molecule has 0 bridgehead atoms. The van der Waals surface area contributed by atoms with Crippen LogP contribution in [0.25, 0.3) is 0 Å². The van der Waals surface area contributed by atoms with Gasteiger partial charge in [0.1, 0.15) is 6.17 Å². The van der Waals surface area contributed by atoms with Gasteiger partial charge in [-0.05, 0) is 20.4 Å². The molecular weight excluding hydrogens is 133 g/mol. The molecule has 0 spiro atoms. The van der Waals surface area contributed by atoms with Crippen molar-refractivity contribution in [1.82, 2.24) is 4.90 Å². The first-order valence-electron chi connectivity index (χ1n) is 3.57. The maximum absolute atomic E-state index is 12.9. The fourth-order valence-electron chi connectivity index (χ4n) is 1.14. The van der Waals surface area contributed by atoms with E-state index in [1.165, 1.54) is 0 Å². The normalized spacial score (nSPS) is 43.8. The van der Waals surface area contributed by atoms with Gasteiger partial charge < -0.3 is 10.0 Å². The lowest BCUT2D eigenvalue weighted by molar-refractivity contribution is -0.0660. The molecule has 2 nitrogen and oxygen atoms in total. The van der Waals surface area contributed by atoms with Crippen LogP contribution in [-0.2, 0) is 0 Å². The molecule has 1 fully saturated rings. The van der Waals surface area contributed by atoms with Crippen molar-refractivity contribution in [3.63, 3.8) is 0 Å². The minimum Gasteiger partial charge on any atom is -0.387 e. The molecule has 1 heterocycles. The van der Waals surface area contributed by atoms with E-state index in [0.29, 0.717) is 13.0 Å². The predicted molar refractivity (Wildman–Crippen MR) is 37.6 cm³/mol. The van der Waals surface area contributed by atoms with Crippen LogP contribution in [0.2, 0.25) is 0 Å². The van der Waals surface area contributed by atoms with Crippen LogP contribution in [0, 0.1) is 0 Å². The van der Waals surface area contributed by atoms with Crippen LogP contribution in [0.4, 0.5) is 4.39 Å². The summed E-state index contributed by atoms with van der Waals surface area (Å²) in [6.45, 7) is 2.70. The summed E-state index contributed by atoms with van der Waals surface area (Å²) >= 11 is 0. The maximum Gasteiger partial charge on any atom is 0.141 e. The van der Waals surface area contributed by atoms with Crippen molar-refractivity contribution in [1.29, 1.82) is 0 Å². The first-order valence-corrected chi connectivity index (χ1v) is 3.57. The minimum atomic E-state index is -1.09. The Morgan fingerprint density at radius 3 is 2.70 bits per heavy atom. The molecule has 1 saturated heterocycles. The summed E-state index contributed by atoms with van der Waals surface area (Å²) in [5.41, 5.74) is -1.09. The second-order valence-electron chi connectivity index (χ2n) is 3.34. The van der Waals surface area contributed by atoms with Crippen LogP contribution in [0.1, 0.15) is 13.3 Å². The molecule has 1 aliphatic rings. The molecule has 0 saturated carbocycles. The molecule has 0 aliphatic carbocycles. The van der Waals surface area contributed by atoms with Crippen LogP contribution in [0.15, 0.2) is 0 Å². The Morgan fingerprint density at radius 2 is 2.30 bits per heavy atom. The predicted octanol–water partition coefficient (Wildman–Crippen LogP) is 0.411. The molecule has 2 atom stereocenters. The lowest BCUT2D eigenvalue weighted by atomic mass is 9.92. The number of rotatable bonds is 0. The molecule has 60 valence electrons. The molecule has 1 rings (SSSR count).